The molecule has 3 aromatic carbocycles. The van der Waals surface area contributed by atoms with Gasteiger partial charge in [0.25, 0.3) is 5.91 Å². The van der Waals surface area contributed by atoms with Crippen molar-refractivity contribution in [3.8, 4) is 0 Å². The number of imide groups is 1. The molecule has 67 heavy (non-hydrogen) atoms. The summed E-state index contributed by atoms with van der Waals surface area (Å²) in [4.78, 5) is 55.8. The molecule has 6 N–H and O–H groups in total. The Morgan fingerprint density at radius 2 is 1.64 bits per heavy atom. The smallest absolute Gasteiger partial charge is 0.255 e. The van der Waals surface area contributed by atoms with Gasteiger partial charge in [-0.15, -0.1) is 0 Å². The summed E-state index contributed by atoms with van der Waals surface area (Å²) in [6.07, 6.45) is 9.40. The topological polar surface area (TPSA) is 200 Å². The maximum absolute atomic E-state index is 15.7. The number of carbonyl (C=O) groups is 3. The molecule has 1 unspecified atom stereocenters. The molecule has 5 aliphatic rings. The Morgan fingerprint density at radius 1 is 0.821 bits per heavy atom. The first kappa shape index (κ1) is 44.5. The molecule has 1 atom stereocenters. The molecular weight excluding hydrogens is 876 g/mol. The number of sulfonamides is 1. The molecule has 10 rings (SSSR count). The lowest BCUT2D eigenvalue weighted by Crippen LogP contribution is -2.52. The molecule has 7 heterocycles. The summed E-state index contributed by atoms with van der Waals surface area (Å²) in [7, 11) is -3.47. The van der Waals surface area contributed by atoms with Crippen LogP contribution in [0.3, 0.4) is 0 Å². The highest BCUT2D eigenvalue weighted by atomic mass is 32.2. The van der Waals surface area contributed by atoms with E-state index in [1.807, 2.05) is 42.5 Å². The lowest BCUT2D eigenvalue weighted by atomic mass is 9.93. The van der Waals surface area contributed by atoms with Crippen LogP contribution in [0.2, 0.25) is 0 Å². The van der Waals surface area contributed by atoms with Crippen molar-refractivity contribution in [2.45, 2.75) is 70.0 Å². The summed E-state index contributed by atoms with van der Waals surface area (Å²) >= 11 is 0. The molecular formula is C48H57FN12O5S. The summed E-state index contributed by atoms with van der Waals surface area (Å²) in [5, 5.41) is 16.9. The Bertz CT molecular complexity index is 2810. The van der Waals surface area contributed by atoms with Crippen LogP contribution in [0.25, 0.3) is 11.0 Å². The molecule has 0 bridgehead atoms. The number of hydrogen-bond donors (Lipinski definition) is 6. The van der Waals surface area contributed by atoms with Gasteiger partial charge in [0.05, 0.1) is 28.7 Å². The molecule has 3 amide bonds. The van der Waals surface area contributed by atoms with Crippen molar-refractivity contribution in [2.75, 3.05) is 83.4 Å². The Labute approximate surface area is 389 Å². The number of H-pyrrole nitrogens is 1. The van der Waals surface area contributed by atoms with E-state index in [1.165, 1.54) is 16.6 Å². The summed E-state index contributed by atoms with van der Waals surface area (Å²) in [5.74, 6) is 0.263. The summed E-state index contributed by atoms with van der Waals surface area (Å²) in [6.45, 7) is 6.94. The number of rotatable bonds is 15. The van der Waals surface area contributed by atoms with Gasteiger partial charge in [-0.1, -0.05) is 12.1 Å². The number of benzene rings is 3. The summed E-state index contributed by atoms with van der Waals surface area (Å²) in [5.41, 5.74) is 6.53. The third-order valence-electron chi connectivity index (χ3n) is 14.0. The van der Waals surface area contributed by atoms with E-state index >= 15 is 4.39 Å². The van der Waals surface area contributed by atoms with Crippen molar-refractivity contribution in [2.24, 2.45) is 5.92 Å². The number of aromatic nitrogens is 3. The van der Waals surface area contributed by atoms with Crippen LogP contribution in [-0.2, 0) is 32.6 Å². The highest BCUT2D eigenvalue weighted by Gasteiger charge is 2.39. The molecule has 17 nitrogen and oxygen atoms in total. The number of amides is 3. The van der Waals surface area contributed by atoms with Crippen LogP contribution in [0.15, 0.2) is 66.9 Å². The zero-order valence-electron chi connectivity index (χ0n) is 37.6. The number of fused-ring (bicyclic) bond motifs is 3. The maximum atomic E-state index is 15.7. The van der Waals surface area contributed by atoms with Crippen LogP contribution in [0, 0.1) is 11.7 Å². The van der Waals surface area contributed by atoms with Crippen molar-refractivity contribution in [1.82, 2.24) is 35.8 Å². The normalized spacial score (nSPS) is 19.3. The van der Waals surface area contributed by atoms with E-state index < -0.39 is 16.1 Å². The summed E-state index contributed by atoms with van der Waals surface area (Å²) < 4.78 is 42.3. The number of nitrogens with zero attached hydrogens (tertiary/aromatic N) is 6. The second-order valence-electron chi connectivity index (χ2n) is 18.4. The van der Waals surface area contributed by atoms with E-state index in [0.29, 0.717) is 77.7 Å². The van der Waals surface area contributed by atoms with Crippen LogP contribution in [0.5, 0.6) is 0 Å². The molecule has 0 radical (unpaired) electrons. The van der Waals surface area contributed by atoms with Crippen LogP contribution >= 0.6 is 0 Å². The van der Waals surface area contributed by atoms with E-state index in [1.54, 1.807) is 17.2 Å². The van der Waals surface area contributed by atoms with E-state index in [0.717, 1.165) is 100 Å². The minimum Gasteiger partial charge on any atom is -0.372 e. The van der Waals surface area contributed by atoms with Gasteiger partial charge in [-0.3, -0.25) is 24.0 Å². The first-order valence-corrected chi connectivity index (χ1v) is 25.3. The largest absolute Gasteiger partial charge is 0.372 e. The lowest BCUT2D eigenvalue weighted by Gasteiger charge is -2.34. The zero-order chi connectivity index (χ0) is 46.2. The van der Waals surface area contributed by atoms with Crippen molar-refractivity contribution in [1.29, 1.82) is 0 Å². The van der Waals surface area contributed by atoms with Gasteiger partial charge in [-0.2, -0.15) is 9.97 Å². The van der Waals surface area contributed by atoms with Gasteiger partial charge >= 0.3 is 0 Å². The van der Waals surface area contributed by atoms with Crippen LogP contribution in [0.1, 0.15) is 66.4 Å². The molecule has 5 aromatic rings. The maximum Gasteiger partial charge on any atom is 0.255 e. The van der Waals surface area contributed by atoms with Crippen molar-refractivity contribution in [3.05, 3.63) is 89.4 Å². The molecule has 19 heteroatoms. The molecule has 2 aromatic heterocycles. The van der Waals surface area contributed by atoms with Gasteiger partial charge in [0, 0.05) is 88.0 Å². The quantitative estimate of drug-likeness (QED) is 0.0598. The van der Waals surface area contributed by atoms with Gasteiger partial charge in [0.1, 0.15) is 23.3 Å². The average molecular weight is 933 g/mol. The van der Waals surface area contributed by atoms with Gasteiger partial charge in [0.15, 0.2) is 0 Å². The number of para-hydroxylation sites is 1. The Hall–Kier alpha value is -6.31. The predicted octanol–water partition coefficient (Wildman–Crippen LogP) is 5.12. The van der Waals surface area contributed by atoms with Crippen LogP contribution in [-0.4, -0.2) is 117 Å². The number of piperidine rings is 3. The minimum atomic E-state index is -3.47. The SMILES string of the molecule is CS(=O)(=O)N1CCc2cccc(Nc3nc(Nc4ccc(N5CCC(NCCNCCC6CCN(c7ccc8c(c7)CN(C7CCC(=O)NC7=O)C8=O)CC6)CC5)c(F)c4)nc4[nH]ccc34)c21. The zero-order valence-corrected chi connectivity index (χ0v) is 38.4. The average Bonchev–Trinajstić information content (AvgIpc) is 4.06. The minimum absolute atomic E-state index is 0.141. The van der Waals surface area contributed by atoms with Gasteiger partial charge in [-0.25, -0.2) is 12.8 Å². The summed E-state index contributed by atoms with van der Waals surface area (Å²) in [6, 6.07) is 18.4. The van der Waals surface area contributed by atoms with E-state index in [-0.39, 0.29) is 35.9 Å². The Morgan fingerprint density at radius 3 is 2.43 bits per heavy atom. The first-order valence-electron chi connectivity index (χ1n) is 23.4. The lowest BCUT2D eigenvalue weighted by molar-refractivity contribution is -0.136. The fraction of sp³-hybridized carbons (Fsp3) is 0.438. The number of halogens is 1. The first-order chi connectivity index (χ1) is 32.4. The third-order valence-corrected chi connectivity index (χ3v) is 15.2. The molecule has 5 aliphatic heterocycles. The molecule has 0 spiro atoms. The molecule has 352 valence electrons. The number of carbonyl (C=O) groups excluding carboxylic acids is 3. The van der Waals surface area contributed by atoms with Gasteiger partial charge in [-0.05, 0) is 117 Å². The van der Waals surface area contributed by atoms with Crippen molar-refractivity contribution >= 4 is 79.0 Å². The highest BCUT2D eigenvalue weighted by Crippen LogP contribution is 2.40. The molecule has 0 saturated carbocycles. The van der Waals surface area contributed by atoms with Gasteiger partial charge < -0.3 is 41.0 Å². The number of aromatic amines is 1. The van der Waals surface area contributed by atoms with Crippen molar-refractivity contribution in [3.63, 3.8) is 0 Å². The van der Waals surface area contributed by atoms with Crippen LogP contribution in [0.4, 0.5) is 44.6 Å². The predicted molar refractivity (Wildman–Crippen MR) is 257 cm³/mol. The second kappa shape index (κ2) is 18.8. The van der Waals surface area contributed by atoms with E-state index in [9.17, 15) is 22.8 Å². The molecule has 3 fully saturated rings. The van der Waals surface area contributed by atoms with Gasteiger partial charge in [0.2, 0.25) is 27.8 Å². The third kappa shape index (κ3) is 9.49. The van der Waals surface area contributed by atoms with E-state index in [2.05, 4.69) is 52.4 Å². The van der Waals surface area contributed by atoms with E-state index in [4.69, 9.17) is 4.98 Å². The number of nitrogens with one attached hydrogen (secondary N) is 6. The fourth-order valence-electron chi connectivity index (χ4n) is 10.4. The Kier molecular flexibility index (Phi) is 12.5. The highest BCUT2D eigenvalue weighted by molar-refractivity contribution is 7.92. The monoisotopic (exact) mass is 932 g/mol. The van der Waals surface area contributed by atoms with Crippen molar-refractivity contribution < 1.29 is 27.2 Å². The fourth-order valence-corrected chi connectivity index (χ4v) is 11.4. The number of anilines is 7. The molecule has 3 saturated heterocycles. The second-order valence-corrected chi connectivity index (χ2v) is 20.3. The number of hydrogen-bond acceptors (Lipinski definition) is 13. The van der Waals surface area contributed by atoms with Crippen LogP contribution < -0.4 is 40.7 Å². The standard InChI is InChI=1S/C48H57FN12O5S/c1-67(65,66)61-26-15-31-3-2-4-39(43(31)61)54-45-37-12-19-52-44(37)56-48(57-45)53-34-5-8-40(38(49)28-34)59-24-16-33(17-25-59)51-21-20-50-18-11-30-13-22-58(23-14-30)35-6-7-36-32(27-35)29-60(47(36)64)41-9-10-42(62)55-46(41)63/h2-8,12,19,27-28,30,33,41,50-51H,9-11,13-18,20-26,29H2,1H3,(H,55,62,63)(H3,52,53,54,56,57). The Balaban J connectivity index is 0.642. The molecule has 0 aliphatic carbocycles.